The molecule has 0 saturated heterocycles. The average molecular weight is 345 g/mol. The fraction of sp³-hybridized carbons (Fsp3) is 0.118. The number of aromatic nitrogens is 2. The van der Waals surface area contributed by atoms with Crippen molar-refractivity contribution in [2.75, 3.05) is 5.75 Å². The molecule has 23 heavy (non-hydrogen) atoms. The van der Waals surface area contributed by atoms with E-state index in [0.29, 0.717) is 10.9 Å². The van der Waals surface area contributed by atoms with Crippen LogP contribution in [0.5, 0.6) is 0 Å². The highest BCUT2D eigenvalue weighted by molar-refractivity contribution is 7.91. The minimum atomic E-state index is -3.36. The molecule has 0 atom stereocenters. The Balaban J connectivity index is 0.000000213. The molecule has 0 radical (unpaired) electrons. The number of benzene rings is 2. The second-order valence-corrected chi connectivity index (χ2v) is 7.67. The number of sulfone groups is 1. The molecule has 0 bridgehead atoms. The summed E-state index contributed by atoms with van der Waals surface area (Å²) in [5.41, 5.74) is 3.41. The van der Waals surface area contributed by atoms with E-state index in [1.807, 2.05) is 0 Å². The van der Waals surface area contributed by atoms with E-state index in [-0.39, 0.29) is 15.7 Å². The minimum absolute atomic E-state index is 0.0115. The highest BCUT2D eigenvalue weighted by atomic mass is 35.5. The van der Waals surface area contributed by atoms with Gasteiger partial charge in [0.2, 0.25) is 0 Å². The summed E-state index contributed by atoms with van der Waals surface area (Å²) < 4.78 is 24.9. The summed E-state index contributed by atoms with van der Waals surface area (Å²) in [5.74, 6) is -0.0115. The van der Waals surface area contributed by atoms with Crippen molar-refractivity contribution in [1.82, 2.24) is 9.78 Å². The van der Waals surface area contributed by atoms with Crippen LogP contribution in [0.15, 0.2) is 47.5 Å². The summed E-state index contributed by atoms with van der Waals surface area (Å²) in [4.78, 5) is 0.0890. The Morgan fingerprint density at radius 1 is 1.26 bits per heavy atom. The van der Waals surface area contributed by atoms with Gasteiger partial charge in [0.1, 0.15) is 0 Å². The Labute approximate surface area is 139 Å². The van der Waals surface area contributed by atoms with Gasteiger partial charge in [-0.25, -0.2) is 8.42 Å². The Bertz CT molecular complexity index is 1030. The van der Waals surface area contributed by atoms with Crippen LogP contribution in [0.4, 0.5) is 0 Å². The lowest BCUT2D eigenvalue weighted by atomic mass is 10.2. The number of terminal acetylenes is 1. The summed E-state index contributed by atoms with van der Waals surface area (Å²) >= 11 is 5.95. The predicted molar refractivity (Wildman–Crippen MR) is 92.1 cm³/mol. The zero-order valence-electron chi connectivity index (χ0n) is 12.3. The lowest BCUT2D eigenvalue weighted by molar-refractivity contribution is 0.597. The first-order valence-corrected chi connectivity index (χ1v) is 8.96. The van der Waals surface area contributed by atoms with E-state index >= 15 is 0 Å². The molecule has 0 fully saturated rings. The summed E-state index contributed by atoms with van der Waals surface area (Å²) in [6.45, 7) is 1.56. The van der Waals surface area contributed by atoms with Crippen molar-refractivity contribution in [1.29, 1.82) is 0 Å². The summed E-state index contributed by atoms with van der Waals surface area (Å²) in [6, 6.07) is 13.8. The molecule has 0 spiro atoms. The molecule has 4 rings (SSSR count). The number of hydrogen-bond acceptors (Lipinski definition) is 3. The number of hydrogen-bond donors (Lipinski definition) is 0. The smallest absolute Gasteiger partial charge is 0.179 e. The lowest BCUT2D eigenvalue weighted by Gasteiger charge is -2.04. The maximum atomic E-state index is 11.8. The van der Waals surface area contributed by atoms with Gasteiger partial charge in [-0.3, -0.25) is 0 Å². The van der Waals surface area contributed by atoms with Crippen LogP contribution in [0.2, 0.25) is 5.02 Å². The SMILES string of the molecule is C#Cn1ncc2cc(Cl)c(S(=O)(=O)CC)cc21.c1cc2cc-2c1. The molecular weight excluding hydrogens is 332 g/mol. The zero-order valence-corrected chi connectivity index (χ0v) is 13.9. The maximum Gasteiger partial charge on any atom is 0.179 e. The van der Waals surface area contributed by atoms with Crippen LogP contribution in [0.1, 0.15) is 6.92 Å². The van der Waals surface area contributed by atoms with Crippen LogP contribution in [0, 0.1) is 12.5 Å². The van der Waals surface area contributed by atoms with Crippen molar-refractivity contribution >= 4 is 32.3 Å². The average Bonchev–Trinajstić information content (AvgIpc) is 2.96. The van der Waals surface area contributed by atoms with Crippen molar-refractivity contribution in [3.05, 3.63) is 47.6 Å². The monoisotopic (exact) mass is 344 g/mol. The number of rotatable bonds is 2. The van der Waals surface area contributed by atoms with Gasteiger partial charge in [0.05, 0.1) is 27.4 Å². The van der Waals surface area contributed by atoms with Gasteiger partial charge in [0.25, 0.3) is 0 Å². The van der Waals surface area contributed by atoms with Gasteiger partial charge in [0.15, 0.2) is 9.84 Å². The Hall–Kier alpha value is -2.29. The first kappa shape index (κ1) is 15.6. The van der Waals surface area contributed by atoms with Crippen LogP contribution in [-0.4, -0.2) is 24.0 Å². The molecule has 1 aromatic carbocycles. The van der Waals surface area contributed by atoms with Crippen molar-refractivity contribution in [2.24, 2.45) is 0 Å². The maximum absolute atomic E-state index is 11.8. The van der Waals surface area contributed by atoms with Crippen LogP contribution >= 0.6 is 11.6 Å². The minimum Gasteiger partial charge on any atom is -0.224 e. The standard InChI is InChI=1S/C11H9ClN2O2S.C6H4/c1-3-14-10-6-11(17(15,16)4-2)9(12)5-8(10)7-13-14;1-2-5-4-6(5)3-1/h1,5-7H,4H2,2H3;1-4H. The van der Waals surface area contributed by atoms with Gasteiger partial charge in [-0.2, -0.15) is 9.78 Å². The first-order valence-electron chi connectivity index (χ1n) is 6.93. The van der Waals surface area contributed by atoms with Gasteiger partial charge < -0.3 is 0 Å². The zero-order chi connectivity index (χ0) is 16.6. The fourth-order valence-corrected chi connectivity index (χ4v) is 3.68. The second-order valence-electron chi connectivity index (χ2n) is 5.01. The fourth-order valence-electron chi connectivity index (χ4n) is 2.20. The molecule has 0 aliphatic heterocycles. The van der Waals surface area contributed by atoms with Gasteiger partial charge >= 0.3 is 0 Å². The quantitative estimate of drug-likeness (QED) is 0.522. The highest BCUT2D eigenvalue weighted by Crippen LogP contribution is 2.32. The molecule has 1 aromatic heterocycles. The molecule has 0 saturated carbocycles. The molecular formula is C17H13ClN2O2S. The van der Waals surface area contributed by atoms with E-state index in [2.05, 4.69) is 35.4 Å². The second kappa shape index (κ2) is 5.73. The molecule has 0 N–H and O–H groups in total. The third-order valence-electron chi connectivity index (χ3n) is 3.57. The van der Waals surface area contributed by atoms with Crippen molar-refractivity contribution in [2.45, 2.75) is 11.8 Å². The van der Waals surface area contributed by atoms with Crippen molar-refractivity contribution in [3.8, 4) is 23.6 Å². The highest BCUT2D eigenvalue weighted by Gasteiger charge is 2.18. The molecule has 2 aliphatic rings. The normalized spacial score (nSPS) is 11.5. The molecule has 0 amide bonds. The summed E-state index contributed by atoms with van der Waals surface area (Å²) in [5, 5.41) is 4.83. The van der Waals surface area contributed by atoms with Crippen molar-refractivity contribution in [3.63, 3.8) is 0 Å². The van der Waals surface area contributed by atoms with Crippen molar-refractivity contribution < 1.29 is 8.42 Å². The Morgan fingerprint density at radius 3 is 2.43 bits per heavy atom. The van der Waals surface area contributed by atoms with Gasteiger partial charge in [-0.15, -0.1) is 0 Å². The molecule has 0 unspecified atom stereocenters. The molecule has 116 valence electrons. The van der Waals surface area contributed by atoms with E-state index < -0.39 is 9.84 Å². The lowest BCUT2D eigenvalue weighted by Crippen LogP contribution is -2.04. The molecule has 2 aliphatic carbocycles. The third-order valence-corrected chi connectivity index (χ3v) is 5.76. The van der Waals surface area contributed by atoms with E-state index in [4.69, 9.17) is 18.0 Å². The largest absolute Gasteiger partial charge is 0.224 e. The van der Waals surface area contributed by atoms with Gasteiger partial charge in [0, 0.05) is 11.4 Å². The number of fused-ring (bicyclic) bond motifs is 2. The van der Waals surface area contributed by atoms with Crippen LogP contribution < -0.4 is 0 Å². The van der Waals surface area contributed by atoms with E-state index in [9.17, 15) is 8.42 Å². The Morgan fingerprint density at radius 2 is 1.96 bits per heavy atom. The third kappa shape index (κ3) is 2.96. The van der Waals surface area contributed by atoms with Gasteiger partial charge in [-0.05, 0) is 29.3 Å². The Kier molecular flexibility index (Phi) is 3.88. The number of halogens is 1. The number of nitrogens with zero attached hydrogens (tertiary/aromatic N) is 2. The molecule has 4 nitrogen and oxygen atoms in total. The van der Waals surface area contributed by atoms with E-state index in [1.54, 1.807) is 19.2 Å². The van der Waals surface area contributed by atoms with E-state index in [0.717, 1.165) is 0 Å². The topological polar surface area (TPSA) is 52.0 Å². The van der Waals surface area contributed by atoms with Crippen LogP contribution in [-0.2, 0) is 9.84 Å². The summed E-state index contributed by atoms with van der Waals surface area (Å²) in [7, 11) is -3.36. The van der Waals surface area contributed by atoms with Crippen LogP contribution in [0.3, 0.4) is 0 Å². The van der Waals surface area contributed by atoms with E-state index in [1.165, 1.54) is 21.9 Å². The molecule has 1 heterocycles. The van der Waals surface area contributed by atoms with Gasteiger partial charge in [-0.1, -0.05) is 43.1 Å². The molecule has 6 heteroatoms. The summed E-state index contributed by atoms with van der Waals surface area (Å²) in [6.07, 6.45) is 6.80. The first-order chi connectivity index (χ1) is 11.0. The predicted octanol–water partition coefficient (Wildman–Crippen LogP) is 3.59. The molecule has 2 aromatic rings. The van der Waals surface area contributed by atoms with Crippen LogP contribution in [0.25, 0.3) is 22.0 Å².